The Kier molecular flexibility index (Phi) is 5.00. The van der Waals surface area contributed by atoms with Crippen molar-refractivity contribution in [2.24, 2.45) is 11.8 Å². The smallest absolute Gasteiger partial charge is 0.00349 e. The Hall–Kier alpha value is -1.56. The highest BCUT2D eigenvalue weighted by Gasteiger charge is 2.18. The maximum atomic E-state index is 3.95. The van der Waals surface area contributed by atoms with Gasteiger partial charge in [-0.05, 0) is 44.6 Å². The number of hydrogen-bond donors (Lipinski definition) is 0. The van der Waals surface area contributed by atoms with E-state index in [1.165, 1.54) is 41.5 Å². The highest BCUT2D eigenvalue weighted by Crippen LogP contribution is 2.31. The van der Waals surface area contributed by atoms with Crippen molar-refractivity contribution in [3.8, 4) is 0 Å². The van der Waals surface area contributed by atoms with Gasteiger partial charge in [0.25, 0.3) is 0 Å². The third-order valence-electron chi connectivity index (χ3n) is 4.25. The van der Waals surface area contributed by atoms with Crippen LogP contribution in [0, 0.1) is 18.8 Å². The second kappa shape index (κ2) is 6.74. The van der Waals surface area contributed by atoms with Gasteiger partial charge in [-0.1, -0.05) is 66.1 Å². The summed E-state index contributed by atoms with van der Waals surface area (Å²) in [6.07, 6.45) is 10.4. The van der Waals surface area contributed by atoms with Crippen LogP contribution >= 0.6 is 0 Å². The lowest BCUT2D eigenvalue weighted by molar-refractivity contribution is 0.566. The fourth-order valence-corrected chi connectivity index (χ4v) is 3.21. The fraction of sp³-hybridized carbons (Fsp3) is 0.400. The van der Waals surface area contributed by atoms with Gasteiger partial charge < -0.3 is 0 Å². The first-order chi connectivity index (χ1) is 9.60. The average Bonchev–Trinajstić information content (AvgIpc) is 2.38. The minimum absolute atomic E-state index is 0.524. The van der Waals surface area contributed by atoms with Gasteiger partial charge in [0.1, 0.15) is 0 Å². The summed E-state index contributed by atoms with van der Waals surface area (Å²) >= 11 is 0. The Balaban J connectivity index is 1.90. The normalized spacial score (nSPS) is 22.1. The molecule has 20 heavy (non-hydrogen) atoms. The molecule has 0 heterocycles. The standard InChI is InChI=1S/C20H26/c1-5-20-16(3)13-19(14-17(20)4)11-7-10-18-9-6-8-15(2)12-18/h5-6,8-9,12-14,16,20H,1,7,10-11H2,2-4H3/t16?,20-/m0/s1. The summed E-state index contributed by atoms with van der Waals surface area (Å²) in [7, 11) is 0. The largest absolute Gasteiger partial charge is 0.102 e. The Morgan fingerprint density at radius 1 is 1.20 bits per heavy atom. The van der Waals surface area contributed by atoms with E-state index in [4.69, 9.17) is 0 Å². The molecular weight excluding hydrogens is 240 g/mol. The van der Waals surface area contributed by atoms with E-state index in [1.54, 1.807) is 0 Å². The first kappa shape index (κ1) is 14.8. The molecule has 0 saturated carbocycles. The second-order valence-corrected chi connectivity index (χ2v) is 6.09. The highest BCUT2D eigenvalue weighted by atomic mass is 14.2. The van der Waals surface area contributed by atoms with Gasteiger partial charge in [0, 0.05) is 5.92 Å². The van der Waals surface area contributed by atoms with Crippen molar-refractivity contribution < 1.29 is 0 Å². The Labute approximate surface area is 123 Å². The summed E-state index contributed by atoms with van der Waals surface area (Å²) in [5.74, 6) is 1.11. The van der Waals surface area contributed by atoms with Crippen LogP contribution in [0.3, 0.4) is 0 Å². The van der Waals surface area contributed by atoms with E-state index >= 15 is 0 Å². The van der Waals surface area contributed by atoms with Gasteiger partial charge in [-0.15, -0.1) is 6.58 Å². The zero-order valence-electron chi connectivity index (χ0n) is 13.0. The summed E-state index contributed by atoms with van der Waals surface area (Å²) in [4.78, 5) is 0. The highest BCUT2D eigenvalue weighted by molar-refractivity contribution is 5.32. The molecule has 1 aliphatic carbocycles. The topological polar surface area (TPSA) is 0 Å². The van der Waals surface area contributed by atoms with Gasteiger partial charge in [-0.3, -0.25) is 0 Å². The molecule has 0 aliphatic heterocycles. The van der Waals surface area contributed by atoms with E-state index in [2.05, 4.69) is 69.8 Å². The van der Waals surface area contributed by atoms with E-state index in [0.717, 1.165) is 0 Å². The van der Waals surface area contributed by atoms with Crippen molar-refractivity contribution in [2.75, 3.05) is 0 Å². The predicted molar refractivity (Wildman–Crippen MR) is 88.8 cm³/mol. The molecule has 0 radical (unpaired) electrons. The number of allylic oxidation sites excluding steroid dienone is 5. The van der Waals surface area contributed by atoms with Crippen LogP contribution in [0.25, 0.3) is 0 Å². The number of aryl methyl sites for hydroxylation is 2. The molecule has 1 unspecified atom stereocenters. The van der Waals surface area contributed by atoms with Crippen LogP contribution in [-0.2, 0) is 6.42 Å². The SMILES string of the molecule is C=C[C@@H]1C(C)=CC(CCCc2cccc(C)c2)=CC1C. The third kappa shape index (κ3) is 3.72. The van der Waals surface area contributed by atoms with Crippen molar-refractivity contribution in [1.82, 2.24) is 0 Å². The predicted octanol–water partition coefficient (Wildman–Crippen LogP) is 5.64. The zero-order chi connectivity index (χ0) is 14.5. The Bertz CT molecular complexity index is 531. The van der Waals surface area contributed by atoms with Crippen LogP contribution in [0.4, 0.5) is 0 Å². The lowest BCUT2D eigenvalue weighted by Crippen LogP contribution is -2.12. The fourth-order valence-electron chi connectivity index (χ4n) is 3.21. The van der Waals surface area contributed by atoms with Gasteiger partial charge in [0.2, 0.25) is 0 Å². The van der Waals surface area contributed by atoms with Crippen LogP contribution in [-0.4, -0.2) is 0 Å². The molecule has 1 aliphatic rings. The second-order valence-electron chi connectivity index (χ2n) is 6.09. The molecule has 0 saturated heterocycles. The maximum absolute atomic E-state index is 3.95. The van der Waals surface area contributed by atoms with E-state index < -0.39 is 0 Å². The van der Waals surface area contributed by atoms with Crippen LogP contribution in [0.2, 0.25) is 0 Å². The van der Waals surface area contributed by atoms with Crippen molar-refractivity contribution >= 4 is 0 Å². The van der Waals surface area contributed by atoms with Gasteiger partial charge in [-0.2, -0.15) is 0 Å². The van der Waals surface area contributed by atoms with Gasteiger partial charge >= 0.3 is 0 Å². The quantitative estimate of drug-likeness (QED) is 0.605. The van der Waals surface area contributed by atoms with Crippen molar-refractivity contribution in [1.29, 1.82) is 0 Å². The van der Waals surface area contributed by atoms with Gasteiger partial charge in [0.05, 0.1) is 0 Å². The number of rotatable bonds is 5. The van der Waals surface area contributed by atoms with E-state index in [0.29, 0.717) is 11.8 Å². The van der Waals surface area contributed by atoms with Crippen LogP contribution in [0.5, 0.6) is 0 Å². The van der Waals surface area contributed by atoms with Gasteiger partial charge in [-0.25, -0.2) is 0 Å². The molecule has 1 aromatic carbocycles. The van der Waals surface area contributed by atoms with Crippen molar-refractivity contribution in [3.05, 3.63) is 71.3 Å². The summed E-state index contributed by atoms with van der Waals surface area (Å²) in [5, 5.41) is 0. The molecule has 0 amide bonds. The molecule has 0 bridgehead atoms. The molecule has 0 spiro atoms. The molecule has 0 N–H and O–H groups in total. The molecular formula is C20H26. The molecule has 0 heteroatoms. The summed E-state index contributed by atoms with van der Waals surface area (Å²) in [5.41, 5.74) is 5.78. The third-order valence-corrected chi connectivity index (χ3v) is 4.25. The first-order valence-electron chi connectivity index (χ1n) is 7.67. The molecule has 2 atom stereocenters. The average molecular weight is 266 g/mol. The number of hydrogen-bond acceptors (Lipinski definition) is 0. The lowest BCUT2D eigenvalue weighted by atomic mass is 9.80. The summed E-state index contributed by atoms with van der Waals surface area (Å²) < 4.78 is 0. The molecule has 1 aromatic rings. The lowest BCUT2D eigenvalue weighted by Gasteiger charge is -2.24. The Morgan fingerprint density at radius 2 is 2.00 bits per heavy atom. The molecule has 0 fully saturated rings. The number of benzene rings is 1. The molecule has 2 rings (SSSR count). The van der Waals surface area contributed by atoms with Crippen LogP contribution < -0.4 is 0 Å². The van der Waals surface area contributed by atoms with E-state index in [9.17, 15) is 0 Å². The molecule has 106 valence electrons. The monoisotopic (exact) mass is 266 g/mol. The zero-order valence-corrected chi connectivity index (χ0v) is 13.0. The summed E-state index contributed by atoms with van der Waals surface area (Å²) in [6, 6.07) is 8.86. The van der Waals surface area contributed by atoms with E-state index in [1.807, 2.05) is 0 Å². The minimum Gasteiger partial charge on any atom is -0.102 e. The van der Waals surface area contributed by atoms with Gasteiger partial charge in [0.15, 0.2) is 0 Å². The minimum atomic E-state index is 0.524. The first-order valence-corrected chi connectivity index (χ1v) is 7.67. The van der Waals surface area contributed by atoms with Crippen molar-refractivity contribution in [2.45, 2.75) is 40.0 Å². The Morgan fingerprint density at radius 3 is 2.65 bits per heavy atom. The van der Waals surface area contributed by atoms with Crippen molar-refractivity contribution in [3.63, 3.8) is 0 Å². The van der Waals surface area contributed by atoms with Crippen LogP contribution in [0.15, 0.2) is 60.2 Å². The maximum Gasteiger partial charge on any atom is 0.00349 e. The molecule has 0 aromatic heterocycles. The van der Waals surface area contributed by atoms with Crippen LogP contribution in [0.1, 0.15) is 37.8 Å². The van der Waals surface area contributed by atoms with E-state index in [-0.39, 0.29) is 0 Å². The summed E-state index contributed by atoms with van der Waals surface area (Å²) in [6.45, 7) is 10.6. The molecule has 0 nitrogen and oxygen atoms in total.